The molecule has 1 aliphatic rings. The van der Waals surface area contributed by atoms with E-state index in [0.29, 0.717) is 15.8 Å². The number of carbonyl (C=O) groups excluding carboxylic acids is 1. The summed E-state index contributed by atoms with van der Waals surface area (Å²) in [6, 6.07) is 10.9. The van der Waals surface area contributed by atoms with Crippen LogP contribution in [0.15, 0.2) is 46.3 Å². The molecule has 128 valence electrons. The van der Waals surface area contributed by atoms with Crippen LogP contribution >= 0.6 is 11.8 Å². The van der Waals surface area contributed by atoms with Gasteiger partial charge >= 0.3 is 0 Å². The van der Waals surface area contributed by atoms with Gasteiger partial charge in [-0.1, -0.05) is 23.8 Å². The number of phenolic OH excluding ortho intramolecular Hbond substituents is 1. The molecule has 3 rings (SSSR count). The zero-order chi connectivity index (χ0) is 18.0. The summed E-state index contributed by atoms with van der Waals surface area (Å²) >= 11 is 1.29. The first-order valence-corrected chi connectivity index (χ1v) is 8.52. The van der Waals surface area contributed by atoms with Crippen LogP contribution < -0.4 is 10.1 Å². The molecule has 0 aliphatic carbocycles. The van der Waals surface area contributed by atoms with Crippen molar-refractivity contribution in [1.29, 1.82) is 0 Å². The molecule has 2 aromatic rings. The van der Waals surface area contributed by atoms with Gasteiger partial charge in [-0.2, -0.15) is 0 Å². The standard InChI is InChI=1S/C19H18N2O3S/c1-11-4-6-14(12(2)8-11)20-19-21-18(23)17(25-19)10-13-5-7-15(22)16(9-13)24-3/h4-10,22H,1-3H3,(H,20,21,23)/b17-10-. The second kappa shape index (κ2) is 7.03. The fraction of sp³-hybridized carbons (Fsp3) is 0.158. The van der Waals surface area contributed by atoms with Crippen LogP contribution in [0.4, 0.5) is 5.69 Å². The van der Waals surface area contributed by atoms with Crippen LogP contribution in [0.5, 0.6) is 11.5 Å². The van der Waals surface area contributed by atoms with E-state index in [4.69, 9.17) is 4.74 Å². The molecular weight excluding hydrogens is 336 g/mol. The van der Waals surface area contributed by atoms with E-state index in [9.17, 15) is 9.90 Å². The van der Waals surface area contributed by atoms with Gasteiger partial charge in [0.2, 0.25) is 0 Å². The first-order valence-electron chi connectivity index (χ1n) is 7.70. The van der Waals surface area contributed by atoms with Crippen molar-refractivity contribution in [3.05, 3.63) is 58.0 Å². The van der Waals surface area contributed by atoms with Crippen molar-refractivity contribution in [3.8, 4) is 11.5 Å². The average Bonchev–Trinajstić information content (AvgIpc) is 2.91. The van der Waals surface area contributed by atoms with Crippen LogP contribution in [0, 0.1) is 13.8 Å². The lowest BCUT2D eigenvalue weighted by Gasteiger charge is -2.04. The van der Waals surface area contributed by atoms with E-state index in [0.717, 1.165) is 16.8 Å². The highest BCUT2D eigenvalue weighted by molar-refractivity contribution is 8.18. The van der Waals surface area contributed by atoms with Crippen LogP contribution in [-0.2, 0) is 4.79 Å². The number of aryl methyl sites for hydroxylation is 2. The van der Waals surface area contributed by atoms with Gasteiger partial charge in [0.25, 0.3) is 5.91 Å². The molecule has 1 fully saturated rings. The topological polar surface area (TPSA) is 70.9 Å². The Labute approximate surface area is 150 Å². The zero-order valence-electron chi connectivity index (χ0n) is 14.2. The summed E-state index contributed by atoms with van der Waals surface area (Å²) in [7, 11) is 1.48. The number of nitrogens with zero attached hydrogens (tertiary/aromatic N) is 1. The Bertz CT molecular complexity index is 904. The predicted molar refractivity (Wildman–Crippen MR) is 101 cm³/mol. The van der Waals surface area contributed by atoms with E-state index >= 15 is 0 Å². The summed E-state index contributed by atoms with van der Waals surface area (Å²) < 4.78 is 5.09. The van der Waals surface area contributed by atoms with Gasteiger partial charge in [-0.15, -0.1) is 0 Å². The lowest BCUT2D eigenvalue weighted by atomic mass is 10.1. The van der Waals surface area contributed by atoms with E-state index < -0.39 is 0 Å². The Morgan fingerprint density at radius 3 is 2.72 bits per heavy atom. The highest BCUT2D eigenvalue weighted by atomic mass is 32.2. The number of methoxy groups -OCH3 is 1. The lowest BCUT2D eigenvalue weighted by molar-refractivity contribution is -0.115. The Balaban J connectivity index is 1.86. The third kappa shape index (κ3) is 3.85. The maximum Gasteiger partial charge on any atom is 0.264 e. The lowest BCUT2D eigenvalue weighted by Crippen LogP contribution is -2.19. The summed E-state index contributed by atoms with van der Waals surface area (Å²) in [5, 5.41) is 13.0. The number of thioether (sulfide) groups is 1. The molecule has 0 saturated carbocycles. The zero-order valence-corrected chi connectivity index (χ0v) is 15.0. The van der Waals surface area contributed by atoms with E-state index in [1.807, 2.05) is 26.0 Å². The molecule has 25 heavy (non-hydrogen) atoms. The monoisotopic (exact) mass is 354 g/mol. The van der Waals surface area contributed by atoms with Gasteiger partial charge in [0.15, 0.2) is 16.7 Å². The minimum atomic E-state index is -0.194. The number of rotatable bonds is 3. The van der Waals surface area contributed by atoms with Crippen molar-refractivity contribution in [1.82, 2.24) is 5.32 Å². The molecule has 1 aliphatic heterocycles. The highest BCUT2D eigenvalue weighted by Gasteiger charge is 2.24. The molecule has 0 aromatic heterocycles. The number of ether oxygens (including phenoxy) is 1. The summed E-state index contributed by atoms with van der Waals surface area (Å²) in [5.41, 5.74) is 3.83. The maximum atomic E-state index is 12.2. The SMILES string of the molecule is COc1cc(/C=C2\SC(=Nc3ccc(C)cc3C)NC2=O)ccc1O. The van der Waals surface area contributed by atoms with Gasteiger partial charge < -0.3 is 15.2 Å². The van der Waals surface area contributed by atoms with Gasteiger partial charge in [0.1, 0.15) is 0 Å². The quantitative estimate of drug-likeness (QED) is 0.820. The molecule has 0 atom stereocenters. The number of aliphatic imine (C=N–C) groups is 1. The third-order valence-electron chi connectivity index (χ3n) is 3.73. The Kier molecular flexibility index (Phi) is 4.81. The van der Waals surface area contributed by atoms with Crippen molar-refractivity contribution in [3.63, 3.8) is 0 Å². The summed E-state index contributed by atoms with van der Waals surface area (Å²) in [5.74, 6) is 0.229. The van der Waals surface area contributed by atoms with Crippen LogP contribution in [-0.4, -0.2) is 23.3 Å². The summed E-state index contributed by atoms with van der Waals surface area (Å²) in [6.45, 7) is 4.02. The van der Waals surface area contributed by atoms with Crippen molar-refractivity contribution < 1.29 is 14.6 Å². The number of amides is 1. The first kappa shape index (κ1) is 17.1. The number of amidine groups is 1. The number of hydrogen-bond acceptors (Lipinski definition) is 5. The van der Waals surface area contributed by atoms with Gasteiger partial charge in [0, 0.05) is 0 Å². The third-order valence-corrected chi connectivity index (χ3v) is 4.64. The number of benzene rings is 2. The van der Waals surface area contributed by atoms with Crippen LogP contribution in [0.3, 0.4) is 0 Å². The molecule has 6 heteroatoms. The van der Waals surface area contributed by atoms with E-state index in [1.54, 1.807) is 18.2 Å². The van der Waals surface area contributed by atoms with E-state index in [1.165, 1.54) is 30.5 Å². The Morgan fingerprint density at radius 1 is 1.20 bits per heavy atom. The van der Waals surface area contributed by atoms with Gasteiger partial charge in [-0.25, -0.2) is 4.99 Å². The number of carbonyl (C=O) groups is 1. The molecular formula is C19H18N2O3S. The molecule has 0 spiro atoms. The Morgan fingerprint density at radius 2 is 2.00 bits per heavy atom. The first-order chi connectivity index (χ1) is 12.0. The second-order valence-electron chi connectivity index (χ2n) is 5.70. The van der Waals surface area contributed by atoms with Crippen LogP contribution in [0.2, 0.25) is 0 Å². The largest absolute Gasteiger partial charge is 0.504 e. The molecule has 1 saturated heterocycles. The number of nitrogens with one attached hydrogen (secondary N) is 1. The van der Waals surface area contributed by atoms with Crippen molar-refractivity contribution in [2.75, 3.05) is 7.11 Å². The molecule has 5 nitrogen and oxygen atoms in total. The molecule has 0 unspecified atom stereocenters. The van der Waals surface area contributed by atoms with Crippen LogP contribution in [0.25, 0.3) is 6.08 Å². The number of aromatic hydroxyl groups is 1. The predicted octanol–water partition coefficient (Wildman–Crippen LogP) is 3.91. The summed E-state index contributed by atoms with van der Waals surface area (Å²) in [4.78, 5) is 17.2. The second-order valence-corrected chi connectivity index (χ2v) is 6.73. The molecule has 2 N–H and O–H groups in total. The van der Waals surface area contributed by atoms with Crippen molar-refractivity contribution in [2.24, 2.45) is 4.99 Å². The van der Waals surface area contributed by atoms with Gasteiger partial charge in [0.05, 0.1) is 17.7 Å². The van der Waals surface area contributed by atoms with Gasteiger partial charge in [-0.3, -0.25) is 4.79 Å². The Hall–Kier alpha value is -2.73. The fourth-order valence-electron chi connectivity index (χ4n) is 2.46. The van der Waals surface area contributed by atoms with Crippen molar-refractivity contribution >= 4 is 34.6 Å². The number of phenols is 1. The van der Waals surface area contributed by atoms with Crippen LogP contribution in [0.1, 0.15) is 16.7 Å². The minimum absolute atomic E-state index is 0.0604. The molecule has 1 heterocycles. The summed E-state index contributed by atoms with van der Waals surface area (Å²) in [6.07, 6.45) is 1.74. The van der Waals surface area contributed by atoms with E-state index in [-0.39, 0.29) is 11.7 Å². The molecule has 0 radical (unpaired) electrons. The van der Waals surface area contributed by atoms with Crippen molar-refractivity contribution in [2.45, 2.75) is 13.8 Å². The molecule has 0 bridgehead atoms. The highest BCUT2D eigenvalue weighted by Crippen LogP contribution is 2.32. The molecule has 1 amide bonds. The smallest absolute Gasteiger partial charge is 0.264 e. The average molecular weight is 354 g/mol. The normalized spacial score (nSPS) is 17.2. The van der Waals surface area contributed by atoms with E-state index in [2.05, 4.69) is 16.4 Å². The number of hydrogen-bond donors (Lipinski definition) is 2. The minimum Gasteiger partial charge on any atom is -0.504 e. The molecule has 2 aromatic carbocycles. The fourth-order valence-corrected chi connectivity index (χ4v) is 3.29. The van der Waals surface area contributed by atoms with Gasteiger partial charge in [-0.05, 0) is 61.0 Å². The maximum absolute atomic E-state index is 12.2.